The lowest BCUT2D eigenvalue weighted by Gasteiger charge is -2.21. The zero-order valence-corrected chi connectivity index (χ0v) is 22.3. The van der Waals surface area contributed by atoms with Crippen LogP contribution in [0.3, 0.4) is 0 Å². The van der Waals surface area contributed by atoms with Crippen LogP contribution < -0.4 is 10.6 Å². The van der Waals surface area contributed by atoms with E-state index in [4.69, 9.17) is 5.11 Å². The van der Waals surface area contributed by atoms with Crippen molar-refractivity contribution >= 4 is 35.3 Å². The highest BCUT2D eigenvalue weighted by Gasteiger charge is 2.30. The minimum absolute atomic E-state index is 0.0597. The van der Waals surface area contributed by atoms with E-state index in [2.05, 4.69) is 22.5 Å². The summed E-state index contributed by atoms with van der Waals surface area (Å²) in [5, 5.41) is 23.4. The molecule has 2 aromatic carbocycles. The van der Waals surface area contributed by atoms with Crippen molar-refractivity contribution in [1.82, 2.24) is 10.6 Å². The van der Waals surface area contributed by atoms with Crippen LogP contribution in [0.5, 0.6) is 0 Å². The Morgan fingerprint density at radius 2 is 1.52 bits per heavy atom. The number of benzene rings is 2. The third-order valence-corrected chi connectivity index (χ3v) is 6.05. The summed E-state index contributed by atoms with van der Waals surface area (Å²) < 4.78 is 0. The number of rotatable bonds is 15. The average Bonchev–Trinajstić information content (AvgIpc) is 2.91. The fourth-order valence-electron chi connectivity index (χ4n) is 3.89. The lowest BCUT2D eigenvalue weighted by Crippen LogP contribution is -2.46. The van der Waals surface area contributed by atoms with Gasteiger partial charge in [-0.25, -0.2) is 0 Å². The molecule has 2 amide bonds. The first-order valence-corrected chi connectivity index (χ1v) is 12.6. The summed E-state index contributed by atoms with van der Waals surface area (Å²) in [5.41, 5.74) is 1.80. The van der Waals surface area contributed by atoms with Crippen molar-refractivity contribution < 1.29 is 39.0 Å². The molecule has 0 aromatic heterocycles. The molecule has 0 aliphatic carbocycles. The van der Waals surface area contributed by atoms with Gasteiger partial charge in [0.15, 0.2) is 11.6 Å². The second-order valence-electron chi connectivity index (χ2n) is 9.33. The van der Waals surface area contributed by atoms with Crippen LogP contribution in [0.1, 0.15) is 54.6 Å². The second kappa shape index (κ2) is 15.6. The van der Waals surface area contributed by atoms with E-state index >= 15 is 0 Å². The minimum Gasteiger partial charge on any atom is -0.481 e. The first kappa shape index (κ1) is 31.4. The van der Waals surface area contributed by atoms with Crippen LogP contribution in [0.4, 0.5) is 0 Å². The summed E-state index contributed by atoms with van der Waals surface area (Å²) in [4.78, 5) is 73.2. The van der Waals surface area contributed by atoms with Crippen LogP contribution in [0.25, 0.3) is 0 Å². The third-order valence-electron chi connectivity index (χ3n) is 6.05. The van der Waals surface area contributed by atoms with E-state index < -0.39 is 66.0 Å². The Morgan fingerprint density at radius 1 is 0.875 bits per heavy atom. The number of carboxylic acids is 2. The Morgan fingerprint density at radius 3 is 2.10 bits per heavy atom. The van der Waals surface area contributed by atoms with Gasteiger partial charge in [0.2, 0.25) is 5.91 Å². The first-order valence-electron chi connectivity index (χ1n) is 12.6. The Bertz CT molecular complexity index is 1290. The zero-order chi connectivity index (χ0) is 29.7. The van der Waals surface area contributed by atoms with Crippen molar-refractivity contribution in [3.8, 4) is 11.8 Å². The van der Waals surface area contributed by atoms with Gasteiger partial charge in [-0.1, -0.05) is 43.2 Å². The Kier molecular flexibility index (Phi) is 12.3. The summed E-state index contributed by atoms with van der Waals surface area (Å²) in [7, 11) is 0. The van der Waals surface area contributed by atoms with Crippen LogP contribution in [0, 0.1) is 23.7 Å². The van der Waals surface area contributed by atoms with E-state index in [0.717, 1.165) is 5.56 Å². The molecule has 0 fully saturated rings. The van der Waals surface area contributed by atoms with Crippen LogP contribution in [-0.2, 0) is 30.4 Å². The van der Waals surface area contributed by atoms with Crippen molar-refractivity contribution in [2.75, 3.05) is 6.54 Å². The van der Waals surface area contributed by atoms with Crippen molar-refractivity contribution in [2.45, 2.75) is 45.6 Å². The molecule has 2 aromatic rings. The molecule has 0 aliphatic rings. The van der Waals surface area contributed by atoms with Gasteiger partial charge in [-0.3, -0.25) is 28.8 Å². The molecule has 0 spiro atoms. The minimum atomic E-state index is -1.45. The molecule has 4 N–H and O–H groups in total. The van der Waals surface area contributed by atoms with Crippen LogP contribution in [0.2, 0.25) is 0 Å². The zero-order valence-electron chi connectivity index (χ0n) is 22.3. The summed E-state index contributed by atoms with van der Waals surface area (Å²) in [6.45, 7) is 2.90. The van der Waals surface area contributed by atoms with Gasteiger partial charge in [-0.2, -0.15) is 0 Å². The molecule has 0 unspecified atom stereocenters. The smallest absolute Gasteiger partial charge is 0.307 e. The number of hydrogen-bond donors (Lipinski definition) is 4. The molecule has 0 saturated heterocycles. The van der Waals surface area contributed by atoms with Gasteiger partial charge in [0.1, 0.15) is 0 Å². The highest BCUT2D eigenvalue weighted by atomic mass is 16.4. The molecule has 210 valence electrons. The topological polar surface area (TPSA) is 167 Å². The first-order chi connectivity index (χ1) is 19.0. The maximum atomic E-state index is 13.0. The number of ketones is 2. The Labute approximate surface area is 232 Å². The van der Waals surface area contributed by atoms with Crippen LogP contribution in [0.15, 0.2) is 54.6 Å². The third kappa shape index (κ3) is 10.5. The SMILES string of the molecule is CC#Cc1ccc(C(=O)NCC(=O)C[C@@H](C)C(=O)N[C@@H](Cc2ccccc2)C(=O)C[C@@H](CC(=O)O)C(=O)O)cc1. The number of hydrogen-bond acceptors (Lipinski definition) is 6. The quantitative estimate of drug-likeness (QED) is 0.246. The number of carbonyl (C=O) groups is 6. The molecular formula is C30H32N2O8. The van der Waals surface area contributed by atoms with E-state index in [1.54, 1.807) is 61.5 Å². The van der Waals surface area contributed by atoms with E-state index in [0.29, 0.717) is 11.1 Å². The van der Waals surface area contributed by atoms with Gasteiger partial charge < -0.3 is 20.8 Å². The number of nitrogens with one attached hydrogen (secondary N) is 2. The predicted octanol–water partition coefficient (Wildman–Crippen LogP) is 2.25. The standard InChI is InChI=1S/C30H32N2O8/c1-3-7-20-10-12-22(13-11-20)29(38)31-18-24(33)14-19(2)28(37)32-25(15-21-8-5-4-6-9-21)26(34)16-23(30(39)40)17-27(35)36/h4-6,8-13,19,23,25H,14-18H2,1-2H3,(H,31,38)(H,32,37)(H,35,36)(H,39,40)/t19-,23+,25+/m1/s1. The predicted molar refractivity (Wildman–Crippen MR) is 145 cm³/mol. The van der Waals surface area contributed by atoms with Crippen molar-refractivity contribution in [1.29, 1.82) is 0 Å². The van der Waals surface area contributed by atoms with E-state index in [1.807, 2.05) is 0 Å². The van der Waals surface area contributed by atoms with Gasteiger partial charge in [-0.15, -0.1) is 5.92 Å². The summed E-state index contributed by atoms with van der Waals surface area (Å²) in [6.07, 6.45) is -1.46. The summed E-state index contributed by atoms with van der Waals surface area (Å²) >= 11 is 0. The molecule has 0 heterocycles. The van der Waals surface area contributed by atoms with Gasteiger partial charge in [0, 0.05) is 29.9 Å². The molecule has 0 aliphatic heterocycles. The molecule has 0 saturated carbocycles. The van der Waals surface area contributed by atoms with Crippen molar-refractivity contribution in [2.24, 2.45) is 11.8 Å². The Hall–Kier alpha value is -4.78. The highest BCUT2D eigenvalue weighted by Crippen LogP contribution is 2.15. The number of carbonyl (C=O) groups excluding carboxylic acids is 4. The second-order valence-corrected chi connectivity index (χ2v) is 9.33. The average molecular weight is 549 g/mol. The maximum Gasteiger partial charge on any atom is 0.307 e. The largest absolute Gasteiger partial charge is 0.481 e. The number of aliphatic carboxylic acids is 2. The Balaban J connectivity index is 2.00. The van der Waals surface area contributed by atoms with E-state index in [9.17, 15) is 33.9 Å². The molecule has 10 nitrogen and oxygen atoms in total. The number of carboxylic acid groups (broad SMARTS) is 2. The summed E-state index contributed by atoms with van der Waals surface area (Å²) in [5.74, 6) is -1.54. The highest BCUT2D eigenvalue weighted by molar-refractivity contribution is 5.98. The lowest BCUT2D eigenvalue weighted by atomic mass is 9.92. The summed E-state index contributed by atoms with van der Waals surface area (Å²) in [6, 6.07) is 14.2. The number of Topliss-reactive ketones (excluding diaryl/α,β-unsaturated/α-hetero) is 2. The molecule has 10 heteroatoms. The van der Waals surface area contributed by atoms with Crippen LogP contribution >= 0.6 is 0 Å². The molecule has 40 heavy (non-hydrogen) atoms. The molecule has 0 bridgehead atoms. The van der Waals surface area contributed by atoms with E-state index in [1.165, 1.54) is 6.92 Å². The maximum absolute atomic E-state index is 13.0. The van der Waals surface area contributed by atoms with Crippen LogP contribution in [-0.4, -0.2) is 58.1 Å². The number of amides is 2. The van der Waals surface area contributed by atoms with Crippen molar-refractivity contribution in [3.63, 3.8) is 0 Å². The fraction of sp³-hybridized carbons (Fsp3) is 0.333. The van der Waals surface area contributed by atoms with Gasteiger partial charge >= 0.3 is 11.9 Å². The molecule has 2 rings (SSSR count). The normalized spacial score (nSPS) is 12.6. The van der Waals surface area contributed by atoms with Gasteiger partial charge in [0.25, 0.3) is 5.91 Å². The molecule has 0 radical (unpaired) electrons. The molecule has 3 atom stereocenters. The van der Waals surface area contributed by atoms with Gasteiger partial charge in [-0.05, 0) is 43.2 Å². The molecular weight excluding hydrogens is 516 g/mol. The monoisotopic (exact) mass is 548 g/mol. The van der Waals surface area contributed by atoms with Gasteiger partial charge in [0.05, 0.1) is 24.9 Å². The van der Waals surface area contributed by atoms with Crippen molar-refractivity contribution in [3.05, 3.63) is 71.3 Å². The van der Waals surface area contributed by atoms with E-state index in [-0.39, 0.29) is 19.4 Å². The fourth-order valence-corrected chi connectivity index (χ4v) is 3.89. The lowest BCUT2D eigenvalue weighted by molar-refractivity contribution is -0.149.